The number of piperidine rings is 1. The number of halogens is 1. The zero-order valence-corrected chi connectivity index (χ0v) is 12.7. The second kappa shape index (κ2) is 6.54. The van der Waals surface area contributed by atoms with Crippen molar-refractivity contribution in [2.24, 2.45) is 0 Å². The molecule has 124 valence electrons. The molecule has 1 saturated heterocycles. The number of carbonyl (C=O) groups excluding carboxylic acids is 1. The predicted molar refractivity (Wildman–Crippen MR) is 83.0 cm³/mol. The molecule has 0 radical (unpaired) electrons. The fourth-order valence-corrected chi connectivity index (χ4v) is 2.78. The molecule has 1 atom stereocenters. The van der Waals surface area contributed by atoms with Crippen LogP contribution in [0.3, 0.4) is 0 Å². The lowest BCUT2D eigenvalue weighted by Crippen LogP contribution is -2.48. The van der Waals surface area contributed by atoms with E-state index in [-0.39, 0.29) is 17.4 Å². The average Bonchev–Trinajstić information content (AvgIpc) is 3.01. The number of nitrogens with one attached hydrogen (secondary N) is 3. The summed E-state index contributed by atoms with van der Waals surface area (Å²) in [5, 5.41) is 17.3. The molecule has 2 aromatic rings. The Bertz CT molecular complexity index is 852. The maximum atomic E-state index is 14.1. The van der Waals surface area contributed by atoms with Crippen molar-refractivity contribution in [2.45, 2.75) is 18.9 Å². The SMILES string of the molecule is N#Cc1ccc(N2CCC[C@H](NC(=O)c3n[nH]c(=O)[nH]3)C2)c(F)c1. The minimum atomic E-state index is -0.551. The van der Waals surface area contributed by atoms with Crippen molar-refractivity contribution in [3.05, 3.63) is 45.9 Å². The van der Waals surface area contributed by atoms with E-state index >= 15 is 0 Å². The molecule has 1 aliphatic rings. The van der Waals surface area contributed by atoms with Gasteiger partial charge >= 0.3 is 5.69 Å². The lowest BCUT2D eigenvalue weighted by atomic mass is 10.0. The maximum absolute atomic E-state index is 14.1. The monoisotopic (exact) mass is 330 g/mol. The topological polar surface area (TPSA) is 118 Å². The number of carbonyl (C=O) groups is 1. The van der Waals surface area contributed by atoms with Crippen molar-refractivity contribution in [2.75, 3.05) is 18.0 Å². The van der Waals surface area contributed by atoms with Crippen LogP contribution in [-0.4, -0.2) is 40.2 Å². The van der Waals surface area contributed by atoms with E-state index in [0.29, 0.717) is 18.8 Å². The zero-order valence-electron chi connectivity index (χ0n) is 12.7. The first kappa shape index (κ1) is 15.7. The van der Waals surface area contributed by atoms with Crippen molar-refractivity contribution < 1.29 is 9.18 Å². The summed E-state index contributed by atoms with van der Waals surface area (Å²) in [5.74, 6) is -1.03. The van der Waals surface area contributed by atoms with Crippen molar-refractivity contribution in [1.82, 2.24) is 20.5 Å². The summed E-state index contributed by atoms with van der Waals surface area (Å²) in [6.45, 7) is 1.09. The smallest absolute Gasteiger partial charge is 0.341 e. The number of aromatic amines is 2. The third-order valence-electron chi connectivity index (χ3n) is 3.89. The van der Waals surface area contributed by atoms with Gasteiger partial charge in [-0.15, -0.1) is 5.10 Å². The van der Waals surface area contributed by atoms with Gasteiger partial charge in [0.2, 0.25) is 5.82 Å². The van der Waals surface area contributed by atoms with Gasteiger partial charge in [-0.05, 0) is 31.0 Å². The van der Waals surface area contributed by atoms with Gasteiger partial charge in [0.15, 0.2) is 0 Å². The molecule has 0 saturated carbocycles. The molecule has 0 unspecified atom stereocenters. The number of hydrogen-bond donors (Lipinski definition) is 3. The van der Waals surface area contributed by atoms with E-state index in [1.165, 1.54) is 6.07 Å². The van der Waals surface area contributed by atoms with E-state index in [0.717, 1.165) is 12.8 Å². The summed E-state index contributed by atoms with van der Waals surface area (Å²) in [5.41, 5.74) is 0.117. The van der Waals surface area contributed by atoms with Crippen LogP contribution in [0.25, 0.3) is 0 Å². The highest BCUT2D eigenvalue weighted by molar-refractivity contribution is 5.90. The van der Waals surface area contributed by atoms with E-state index in [9.17, 15) is 14.0 Å². The normalized spacial score (nSPS) is 17.3. The Morgan fingerprint density at radius 3 is 3.00 bits per heavy atom. The van der Waals surface area contributed by atoms with E-state index < -0.39 is 17.4 Å². The van der Waals surface area contributed by atoms with Crippen molar-refractivity contribution in [3.63, 3.8) is 0 Å². The van der Waals surface area contributed by atoms with Gasteiger partial charge in [0, 0.05) is 19.1 Å². The van der Waals surface area contributed by atoms with Crippen molar-refractivity contribution in [1.29, 1.82) is 5.26 Å². The van der Waals surface area contributed by atoms with Crippen LogP contribution in [0.15, 0.2) is 23.0 Å². The highest BCUT2D eigenvalue weighted by atomic mass is 19.1. The van der Waals surface area contributed by atoms with Crippen LogP contribution in [0, 0.1) is 17.1 Å². The number of aromatic nitrogens is 3. The van der Waals surface area contributed by atoms with Gasteiger partial charge in [-0.25, -0.2) is 14.3 Å². The molecule has 3 rings (SSSR count). The summed E-state index contributed by atoms with van der Waals surface area (Å²) in [4.78, 5) is 27.1. The first-order valence-electron chi connectivity index (χ1n) is 7.47. The Balaban J connectivity index is 1.69. The standard InChI is InChI=1S/C15H15FN6O2/c16-11-6-9(7-17)3-4-12(11)22-5-1-2-10(8-22)18-14(23)13-19-15(24)21-20-13/h3-4,6,10H,1-2,5,8H2,(H,18,23)(H2,19,20,21,24)/t10-/m0/s1. The zero-order chi connectivity index (χ0) is 17.1. The van der Waals surface area contributed by atoms with Crippen LogP contribution in [0.5, 0.6) is 0 Å². The Kier molecular flexibility index (Phi) is 4.29. The molecule has 1 aliphatic heterocycles. The van der Waals surface area contributed by atoms with E-state index in [4.69, 9.17) is 5.26 Å². The van der Waals surface area contributed by atoms with Gasteiger partial charge in [0.25, 0.3) is 5.91 Å². The molecule has 2 heterocycles. The summed E-state index contributed by atoms with van der Waals surface area (Å²) < 4.78 is 14.1. The summed E-state index contributed by atoms with van der Waals surface area (Å²) in [6.07, 6.45) is 1.52. The number of rotatable bonds is 3. The van der Waals surface area contributed by atoms with Crippen LogP contribution in [0.4, 0.5) is 10.1 Å². The first-order valence-corrected chi connectivity index (χ1v) is 7.47. The van der Waals surface area contributed by atoms with Crippen LogP contribution in [-0.2, 0) is 0 Å². The Morgan fingerprint density at radius 1 is 1.50 bits per heavy atom. The van der Waals surface area contributed by atoms with Gasteiger partial charge in [0.05, 0.1) is 17.3 Å². The number of H-pyrrole nitrogens is 2. The van der Waals surface area contributed by atoms with Crippen molar-refractivity contribution in [3.8, 4) is 6.07 Å². The number of nitrogens with zero attached hydrogens (tertiary/aromatic N) is 3. The lowest BCUT2D eigenvalue weighted by molar-refractivity contribution is 0.0923. The summed E-state index contributed by atoms with van der Waals surface area (Å²) in [7, 11) is 0. The summed E-state index contributed by atoms with van der Waals surface area (Å²) in [6, 6.07) is 6.04. The van der Waals surface area contributed by atoms with Crippen LogP contribution in [0.1, 0.15) is 29.0 Å². The largest absolute Gasteiger partial charge is 0.367 e. The van der Waals surface area contributed by atoms with Gasteiger partial charge < -0.3 is 10.2 Å². The number of nitriles is 1. The molecule has 1 aromatic heterocycles. The molecule has 9 heteroatoms. The van der Waals surface area contributed by atoms with E-state index in [1.807, 2.05) is 11.0 Å². The molecule has 0 bridgehead atoms. The van der Waals surface area contributed by atoms with Gasteiger partial charge in [-0.2, -0.15) is 5.26 Å². The molecule has 0 aliphatic carbocycles. The summed E-state index contributed by atoms with van der Waals surface area (Å²) >= 11 is 0. The Morgan fingerprint density at radius 2 is 2.33 bits per heavy atom. The van der Waals surface area contributed by atoms with E-state index in [2.05, 4.69) is 20.5 Å². The molecule has 8 nitrogen and oxygen atoms in total. The van der Waals surface area contributed by atoms with Crippen LogP contribution < -0.4 is 15.9 Å². The minimum absolute atomic E-state index is 0.0818. The highest BCUT2D eigenvalue weighted by Crippen LogP contribution is 2.24. The number of anilines is 1. The van der Waals surface area contributed by atoms with Crippen LogP contribution >= 0.6 is 0 Å². The molecular weight excluding hydrogens is 315 g/mol. The fourth-order valence-electron chi connectivity index (χ4n) is 2.78. The molecule has 1 amide bonds. The third kappa shape index (κ3) is 3.27. The Labute approximate surface area is 136 Å². The van der Waals surface area contributed by atoms with Gasteiger partial charge in [-0.3, -0.25) is 9.78 Å². The average molecular weight is 330 g/mol. The second-order valence-corrected chi connectivity index (χ2v) is 5.56. The third-order valence-corrected chi connectivity index (χ3v) is 3.89. The molecule has 0 spiro atoms. The van der Waals surface area contributed by atoms with Crippen molar-refractivity contribution >= 4 is 11.6 Å². The number of hydrogen-bond acceptors (Lipinski definition) is 5. The quantitative estimate of drug-likeness (QED) is 0.758. The second-order valence-electron chi connectivity index (χ2n) is 5.56. The Hall–Kier alpha value is -3.15. The molecule has 3 N–H and O–H groups in total. The molecular formula is C15H15FN6O2. The minimum Gasteiger partial charge on any atom is -0.367 e. The maximum Gasteiger partial charge on any atom is 0.341 e. The fraction of sp³-hybridized carbons (Fsp3) is 0.333. The molecule has 24 heavy (non-hydrogen) atoms. The number of amides is 1. The molecule has 1 aromatic carbocycles. The van der Waals surface area contributed by atoms with Gasteiger partial charge in [0.1, 0.15) is 5.82 Å². The predicted octanol–water partition coefficient (Wildman–Crippen LogP) is 0.508. The van der Waals surface area contributed by atoms with Crippen LogP contribution in [0.2, 0.25) is 0 Å². The number of benzene rings is 1. The van der Waals surface area contributed by atoms with Gasteiger partial charge in [-0.1, -0.05) is 0 Å². The lowest BCUT2D eigenvalue weighted by Gasteiger charge is -2.34. The first-order chi connectivity index (χ1) is 11.6. The highest BCUT2D eigenvalue weighted by Gasteiger charge is 2.24. The molecule has 1 fully saturated rings. The van der Waals surface area contributed by atoms with E-state index in [1.54, 1.807) is 12.1 Å².